The van der Waals surface area contributed by atoms with Crippen LogP contribution in [0.2, 0.25) is 0 Å². The number of anilines is 1. The standard InChI is InChI=1S/C17H15FN2O3S2/c1-11-19-15(10-24-11)12-6-7-16(23-2)17(8-12)25(21,22)20-14-5-3-4-13(18)9-14/h3-10,20H,1-2H3. The van der Waals surface area contributed by atoms with E-state index in [1.165, 1.54) is 42.7 Å². The van der Waals surface area contributed by atoms with E-state index in [4.69, 9.17) is 4.74 Å². The molecule has 1 heterocycles. The molecular weight excluding hydrogens is 363 g/mol. The second-order valence-corrected chi connectivity index (χ2v) is 7.95. The van der Waals surface area contributed by atoms with Gasteiger partial charge in [-0.2, -0.15) is 0 Å². The lowest BCUT2D eigenvalue weighted by Crippen LogP contribution is -2.14. The Morgan fingerprint density at radius 1 is 1.20 bits per heavy atom. The minimum absolute atomic E-state index is 0.0394. The number of methoxy groups -OCH3 is 1. The third-order valence-electron chi connectivity index (χ3n) is 3.44. The van der Waals surface area contributed by atoms with Gasteiger partial charge < -0.3 is 4.74 Å². The lowest BCUT2D eigenvalue weighted by Gasteiger charge is -2.13. The number of nitrogens with one attached hydrogen (secondary N) is 1. The Kier molecular flexibility index (Phi) is 4.73. The molecule has 0 unspecified atom stereocenters. The van der Waals surface area contributed by atoms with Crippen molar-refractivity contribution in [1.29, 1.82) is 0 Å². The minimum atomic E-state index is -3.96. The highest BCUT2D eigenvalue weighted by Crippen LogP contribution is 2.31. The lowest BCUT2D eigenvalue weighted by molar-refractivity contribution is 0.403. The number of aromatic nitrogens is 1. The van der Waals surface area contributed by atoms with E-state index in [9.17, 15) is 12.8 Å². The summed E-state index contributed by atoms with van der Waals surface area (Å²) in [5, 5.41) is 2.74. The summed E-state index contributed by atoms with van der Waals surface area (Å²) in [6, 6.07) is 10.1. The van der Waals surface area contributed by atoms with E-state index in [-0.39, 0.29) is 16.3 Å². The molecule has 0 atom stereocenters. The van der Waals surface area contributed by atoms with Crippen LogP contribution in [0.4, 0.5) is 10.1 Å². The molecule has 0 bridgehead atoms. The molecule has 0 aliphatic rings. The number of ether oxygens (including phenoxy) is 1. The van der Waals surface area contributed by atoms with Crippen molar-refractivity contribution in [3.05, 3.63) is 58.7 Å². The number of aryl methyl sites for hydroxylation is 1. The Labute approximate surface area is 149 Å². The summed E-state index contributed by atoms with van der Waals surface area (Å²) in [5.74, 6) is -0.335. The molecule has 1 N–H and O–H groups in total. The summed E-state index contributed by atoms with van der Waals surface area (Å²) in [7, 11) is -2.57. The van der Waals surface area contributed by atoms with Gasteiger partial charge in [-0.05, 0) is 43.3 Å². The smallest absolute Gasteiger partial charge is 0.265 e. The topological polar surface area (TPSA) is 68.3 Å². The van der Waals surface area contributed by atoms with Gasteiger partial charge in [0.1, 0.15) is 16.5 Å². The fourth-order valence-corrected chi connectivity index (χ4v) is 4.17. The van der Waals surface area contributed by atoms with Gasteiger partial charge >= 0.3 is 0 Å². The van der Waals surface area contributed by atoms with Gasteiger partial charge in [-0.15, -0.1) is 11.3 Å². The molecule has 3 rings (SSSR count). The number of benzene rings is 2. The molecule has 0 fully saturated rings. The molecule has 0 aliphatic heterocycles. The summed E-state index contributed by atoms with van der Waals surface area (Å²) < 4.78 is 46.4. The van der Waals surface area contributed by atoms with Crippen LogP contribution in [-0.2, 0) is 10.0 Å². The van der Waals surface area contributed by atoms with E-state index in [0.717, 1.165) is 11.1 Å². The maximum absolute atomic E-state index is 13.3. The van der Waals surface area contributed by atoms with E-state index >= 15 is 0 Å². The zero-order valence-corrected chi connectivity index (χ0v) is 15.1. The second-order valence-electron chi connectivity index (χ2n) is 5.23. The molecule has 8 heteroatoms. The first kappa shape index (κ1) is 17.4. The zero-order chi connectivity index (χ0) is 18.0. The molecule has 5 nitrogen and oxygen atoms in total. The number of thiazole rings is 1. The van der Waals surface area contributed by atoms with Crippen molar-refractivity contribution >= 4 is 27.0 Å². The molecule has 0 amide bonds. The third kappa shape index (κ3) is 3.80. The molecule has 25 heavy (non-hydrogen) atoms. The number of halogens is 1. The van der Waals surface area contributed by atoms with Crippen molar-refractivity contribution < 1.29 is 17.5 Å². The van der Waals surface area contributed by atoms with Crippen molar-refractivity contribution in [3.8, 4) is 17.0 Å². The van der Waals surface area contributed by atoms with Crippen LogP contribution < -0.4 is 9.46 Å². The highest BCUT2D eigenvalue weighted by atomic mass is 32.2. The molecule has 0 saturated heterocycles. The summed E-state index contributed by atoms with van der Waals surface area (Å²) in [5.41, 5.74) is 1.48. The summed E-state index contributed by atoms with van der Waals surface area (Å²) in [6.45, 7) is 1.88. The molecule has 0 radical (unpaired) electrons. The van der Waals surface area contributed by atoms with Crippen molar-refractivity contribution in [3.63, 3.8) is 0 Å². The van der Waals surface area contributed by atoms with Gasteiger partial charge in [0, 0.05) is 10.9 Å². The minimum Gasteiger partial charge on any atom is -0.495 e. The number of hydrogen-bond donors (Lipinski definition) is 1. The molecular formula is C17H15FN2O3S2. The normalized spacial score (nSPS) is 11.3. The summed E-state index contributed by atoms with van der Waals surface area (Å²) >= 11 is 1.48. The van der Waals surface area contributed by atoms with E-state index in [1.807, 2.05) is 12.3 Å². The van der Waals surface area contributed by atoms with Crippen LogP contribution in [0.25, 0.3) is 11.3 Å². The first-order chi connectivity index (χ1) is 11.9. The van der Waals surface area contributed by atoms with Crippen LogP contribution in [0.5, 0.6) is 5.75 Å². The van der Waals surface area contributed by atoms with E-state index in [0.29, 0.717) is 11.3 Å². The van der Waals surface area contributed by atoms with Crippen molar-refractivity contribution in [2.45, 2.75) is 11.8 Å². The molecule has 1 aromatic heterocycles. The average molecular weight is 378 g/mol. The van der Waals surface area contributed by atoms with Gasteiger partial charge in [0.25, 0.3) is 10.0 Å². The molecule has 0 spiro atoms. The zero-order valence-electron chi connectivity index (χ0n) is 13.5. The highest BCUT2D eigenvalue weighted by molar-refractivity contribution is 7.92. The number of nitrogens with zero attached hydrogens (tertiary/aromatic N) is 1. The Morgan fingerprint density at radius 2 is 2.00 bits per heavy atom. The number of hydrogen-bond acceptors (Lipinski definition) is 5. The van der Waals surface area contributed by atoms with E-state index in [2.05, 4.69) is 9.71 Å². The van der Waals surface area contributed by atoms with Gasteiger partial charge in [0.15, 0.2) is 0 Å². The van der Waals surface area contributed by atoms with Gasteiger partial charge in [-0.1, -0.05) is 6.07 Å². The average Bonchev–Trinajstić information content (AvgIpc) is 3.00. The van der Waals surface area contributed by atoms with Crippen molar-refractivity contribution in [2.24, 2.45) is 0 Å². The molecule has 2 aromatic carbocycles. The third-order valence-corrected chi connectivity index (χ3v) is 5.62. The lowest BCUT2D eigenvalue weighted by atomic mass is 10.2. The first-order valence-electron chi connectivity index (χ1n) is 7.28. The number of rotatable bonds is 5. The van der Waals surface area contributed by atoms with Crippen LogP contribution in [0.1, 0.15) is 5.01 Å². The first-order valence-corrected chi connectivity index (χ1v) is 9.64. The van der Waals surface area contributed by atoms with Gasteiger partial charge in [-0.25, -0.2) is 17.8 Å². The Balaban J connectivity index is 2.04. The molecule has 0 saturated carbocycles. The van der Waals surface area contributed by atoms with E-state index < -0.39 is 15.8 Å². The van der Waals surface area contributed by atoms with Crippen LogP contribution in [0, 0.1) is 12.7 Å². The Hall–Kier alpha value is -2.45. The summed E-state index contributed by atoms with van der Waals surface area (Å²) in [4.78, 5) is 4.33. The fourth-order valence-electron chi connectivity index (χ4n) is 2.30. The van der Waals surface area contributed by atoms with Crippen LogP contribution in [0.15, 0.2) is 52.7 Å². The molecule has 3 aromatic rings. The van der Waals surface area contributed by atoms with Gasteiger partial charge in [0.2, 0.25) is 0 Å². The maximum atomic E-state index is 13.3. The van der Waals surface area contributed by atoms with Crippen LogP contribution in [-0.4, -0.2) is 20.5 Å². The fraction of sp³-hybridized carbons (Fsp3) is 0.118. The quantitative estimate of drug-likeness (QED) is 0.727. The highest BCUT2D eigenvalue weighted by Gasteiger charge is 2.21. The predicted octanol–water partition coefficient (Wildman–Crippen LogP) is 4.07. The van der Waals surface area contributed by atoms with E-state index in [1.54, 1.807) is 12.1 Å². The molecule has 130 valence electrons. The molecule has 0 aliphatic carbocycles. The predicted molar refractivity (Wildman–Crippen MR) is 96.0 cm³/mol. The number of sulfonamides is 1. The van der Waals surface area contributed by atoms with Gasteiger partial charge in [-0.3, -0.25) is 4.72 Å². The Bertz CT molecular complexity index is 1020. The van der Waals surface area contributed by atoms with Gasteiger partial charge in [0.05, 0.1) is 23.5 Å². The second kappa shape index (κ2) is 6.81. The van der Waals surface area contributed by atoms with Crippen LogP contribution >= 0.6 is 11.3 Å². The maximum Gasteiger partial charge on any atom is 0.265 e. The Morgan fingerprint density at radius 3 is 2.64 bits per heavy atom. The largest absolute Gasteiger partial charge is 0.495 e. The summed E-state index contributed by atoms with van der Waals surface area (Å²) in [6.07, 6.45) is 0. The van der Waals surface area contributed by atoms with Crippen molar-refractivity contribution in [2.75, 3.05) is 11.8 Å². The van der Waals surface area contributed by atoms with Crippen molar-refractivity contribution in [1.82, 2.24) is 4.98 Å². The SMILES string of the molecule is COc1ccc(-c2csc(C)n2)cc1S(=O)(=O)Nc1cccc(F)c1. The van der Waals surface area contributed by atoms with Crippen LogP contribution in [0.3, 0.4) is 0 Å². The monoisotopic (exact) mass is 378 g/mol.